The number of amides is 1. The van der Waals surface area contributed by atoms with Crippen LogP contribution >= 0.6 is 15.9 Å². The van der Waals surface area contributed by atoms with E-state index in [9.17, 15) is 14.0 Å². The molecule has 1 aromatic carbocycles. The molecule has 1 aliphatic carbocycles. The maximum Gasteiger partial charge on any atom is 0.408 e. The molecule has 0 saturated heterocycles. The summed E-state index contributed by atoms with van der Waals surface area (Å²) in [5, 5.41) is 2.42. The molecule has 27 heavy (non-hydrogen) atoms. The molecule has 150 valence electrons. The van der Waals surface area contributed by atoms with Gasteiger partial charge in [-0.2, -0.15) is 0 Å². The minimum atomic E-state index is -1.25. The van der Waals surface area contributed by atoms with Crippen molar-refractivity contribution in [3.63, 3.8) is 0 Å². The number of ether oxygens (including phenoxy) is 2. The van der Waals surface area contributed by atoms with Gasteiger partial charge < -0.3 is 14.8 Å². The molecular formula is C19H24BrF2NO4. The molecule has 1 aliphatic rings. The molecule has 0 heterocycles. The van der Waals surface area contributed by atoms with Crippen molar-refractivity contribution >= 4 is 28.0 Å². The number of carbonyl (C=O) groups excluding carboxylic acids is 2. The van der Waals surface area contributed by atoms with E-state index in [-0.39, 0.29) is 16.6 Å². The van der Waals surface area contributed by atoms with Gasteiger partial charge in [0, 0.05) is 5.56 Å². The number of hydrogen-bond acceptors (Lipinski definition) is 4. The number of nitrogens with one attached hydrogen (secondary N) is 1. The van der Waals surface area contributed by atoms with Crippen molar-refractivity contribution < 1.29 is 27.8 Å². The third kappa shape index (κ3) is 5.18. The van der Waals surface area contributed by atoms with Gasteiger partial charge in [-0.25, -0.2) is 13.6 Å². The van der Waals surface area contributed by atoms with Gasteiger partial charge in [0.2, 0.25) is 0 Å². The minimum absolute atomic E-state index is 0.122. The Balaban J connectivity index is 2.43. The molecule has 0 aromatic heterocycles. The smallest absolute Gasteiger partial charge is 0.408 e. The van der Waals surface area contributed by atoms with Crippen molar-refractivity contribution in [1.82, 2.24) is 5.32 Å². The Morgan fingerprint density at radius 2 is 1.81 bits per heavy atom. The second kappa shape index (κ2) is 8.54. The highest BCUT2D eigenvalue weighted by Crippen LogP contribution is 2.39. The van der Waals surface area contributed by atoms with Gasteiger partial charge in [-0.3, -0.25) is 4.79 Å². The SMILES string of the molecule is CCOC(=O)CC(NC(=O)OC(C)(C)C)c1c(F)c(Br)c2c(c1F)CCC2. The normalized spacial score (nSPS) is 14.5. The summed E-state index contributed by atoms with van der Waals surface area (Å²) in [4.78, 5) is 24.1. The van der Waals surface area contributed by atoms with E-state index in [4.69, 9.17) is 9.47 Å². The maximum absolute atomic E-state index is 15.1. The molecule has 2 rings (SSSR count). The summed E-state index contributed by atoms with van der Waals surface area (Å²) >= 11 is 3.19. The van der Waals surface area contributed by atoms with E-state index in [1.807, 2.05) is 0 Å². The van der Waals surface area contributed by atoms with E-state index < -0.39 is 41.8 Å². The summed E-state index contributed by atoms with van der Waals surface area (Å²) in [6, 6.07) is -1.25. The molecule has 1 amide bonds. The van der Waals surface area contributed by atoms with Crippen LogP contribution in [0.4, 0.5) is 13.6 Å². The molecule has 0 bridgehead atoms. The third-order valence-corrected chi connectivity index (χ3v) is 4.96. The molecule has 0 fully saturated rings. The number of rotatable bonds is 5. The van der Waals surface area contributed by atoms with Crippen molar-refractivity contribution in [2.75, 3.05) is 6.61 Å². The van der Waals surface area contributed by atoms with Gasteiger partial charge >= 0.3 is 12.1 Å². The van der Waals surface area contributed by atoms with Crippen LogP contribution in [-0.2, 0) is 27.1 Å². The van der Waals surface area contributed by atoms with Crippen LogP contribution in [0.25, 0.3) is 0 Å². The summed E-state index contributed by atoms with van der Waals surface area (Å²) in [5.74, 6) is -2.22. The zero-order valence-electron chi connectivity index (χ0n) is 15.9. The molecule has 5 nitrogen and oxygen atoms in total. The maximum atomic E-state index is 15.1. The van der Waals surface area contributed by atoms with Crippen molar-refractivity contribution in [3.8, 4) is 0 Å². The van der Waals surface area contributed by atoms with E-state index in [1.165, 1.54) is 0 Å². The molecule has 1 aromatic rings. The van der Waals surface area contributed by atoms with Crippen LogP contribution in [0, 0.1) is 11.6 Å². The number of carbonyl (C=O) groups is 2. The van der Waals surface area contributed by atoms with E-state index in [2.05, 4.69) is 21.2 Å². The Kier molecular flexibility index (Phi) is 6.83. The van der Waals surface area contributed by atoms with Crippen LogP contribution in [0.3, 0.4) is 0 Å². The number of alkyl carbamates (subject to hydrolysis) is 1. The zero-order valence-corrected chi connectivity index (χ0v) is 17.5. The van der Waals surface area contributed by atoms with E-state index in [0.717, 1.165) is 6.42 Å². The second-order valence-corrected chi connectivity index (χ2v) is 8.17. The van der Waals surface area contributed by atoms with E-state index in [0.29, 0.717) is 24.0 Å². The summed E-state index contributed by atoms with van der Waals surface area (Å²) in [5.41, 5.74) is -0.144. The lowest BCUT2D eigenvalue weighted by Gasteiger charge is -2.25. The highest BCUT2D eigenvalue weighted by molar-refractivity contribution is 9.10. The number of esters is 1. The number of hydrogen-bond donors (Lipinski definition) is 1. The van der Waals surface area contributed by atoms with Crippen molar-refractivity contribution in [2.24, 2.45) is 0 Å². The Bertz CT molecular complexity index is 746. The first-order valence-electron chi connectivity index (χ1n) is 8.88. The third-order valence-electron chi connectivity index (χ3n) is 4.13. The van der Waals surface area contributed by atoms with Crippen LogP contribution in [0.15, 0.2) is 4.47 Å². The molecule has 1 atom stereocenters. The molecule has 0 spiro atoms. The second-order valence-electron chi connectivity index (χ2n) is 7.37. The average molecular weight is 448 g/mol. The molecule has 0 saturated carbocycles. The highest BCUT2D eigenvalue weighted by Gasteiger charge is 2.33. The zero-order chi connectivity index (χ0) is 20.4. The lowest BCUT2D eigenvalue weighted by atomic mass is 9.97. The van der Waals surface area contributed by atoms with Gasteiger partial charge in [-0.15, -0.1) is 0 Å². The fourth-order valence-corrected chi connectivity index (χ4v) is 3.76. The van der Waals surface area contributed by atoms with E-state index >= 15 is 4.39 Å². The Morgan fingerprint density at radius 1 is 1.19 bits per heavy atom. The number of fused-ring (bicyclic) bond motifs is 1. The topological polar surface area (TPSA) is 64.6 Å². The van der Waals surface area contributed by atoms with Crippen LogP contribution in [0.1, 0.15) is 63.3 Å². The van der Waals surface area contributed by atoms with Crippen molar-refractivity contribution in [2.45, 2.75) is 65.0 Å². The van der Waals surface area contributed by atoms with Gasteiger partial charge in [0.25, 0.3) is 0 Å². The predicted octanol–water partition coefficient (Wildman–Crippen LogP) is 4.74. The fourth-order valence-electron chi connectivity index (χ4n) is 3.11. The minimum Gasteiger partial charge on any atom is -0.466 e. The largest absolute Gasteiger partial charge is 0.466 e. The molecule has 1 unspecified atom stereocenters. The molecular weight excluding hydrogens is 424 g/mol. The van der Waals surface area contributed by atoms with Crippen LogP contribution < -0.4 is 5.32 Å². The Labute approximate surface area is 165 Å². The Hall–Kier alpha value is -1.70. The lowest BCUT2D eigenvalue weighted by Crippen LogP contribution is -2.37. The van der Waals surface area contributed by atoms with Gasteiger partial charge in [-0.1, -0.05) is 0 Å². The highest BCUT2D eigenvalue weighted by atomic mass is 79.9. The van der Waals surface area contributed by atoms with Crippen LogP contribution in [0.5, 0.6) is 0 Å². The van der Waals surface area contributed by atoms with Crippen molar-refractivity contribution in [1.29, 1.82) is 0 Å². The molecule has 1 N–H and O–H groups in total. The number of halogens is 3. The molecule has 0 radical (unpaired) electrons. The first-order chi connectivity index (χ1) is 12.5. The summed E-state index contributed by atoms with van der Waals surface area (Å²) in [6.45, 7) is 6.75. The number of benzene rings is 1. The predicted molar refractivity (Wildman–Crippen MR) is 99.4 cm³/mol. The van der Waals surface area contributed by atoms with E-state index in [1.54, 1.807) is 27.7 Å². The average Bonchev–Trinajstić information content (AvgIpc) is 3.01. The molecule has 0 aliphatic heterocycles. The van der Waals surface area contributed by atoms with Gasteiger partial charge in [0.15, 0.2) is 0 Å². The van der Waals surface area contributed by atoms with Crippen molar-refractivity contribution in [3.05, 3.63) is 32.8 Å². The standard InChI is InChI=1S/C19H24BrF2NO4/c1-5-26-13(24)9-12(23-18(25)27-19(2,3)4)14-16(21)11-8-6-7-10(11)15(20)17(14)22/h12H,5-9H2,1-4H3,(H,23,25). The molecule has 8 heteroatoms. The van der Waals surface area contributed by atoms with Gasteiger partial charge in [0.1, 0.15) is 17.2 Å². The summed E-state index contributed by atoms with van der Waals surface area (Å²) in [7, 11) is 0. The lowest BCUT2D eigenvalue weighted by molar-refractivity contribution is -0.143. The summed E-state index contributed by atoms with van der Waals surface area (Å²) < 4.78 is 40.3. The van der Waals surface area contributed by atoms with Gasteiger partial charge in [-0.05, 0) is 74.0 Å². The summed E-state index contributed by atoms with van der Waals surface area (Å²) in [6.07, 6.45) is 0.492. The van der Waals surface area contributed by atoms with Crippen LogP contribution in [0.2, 0.25) is 0 Å². The Morgan fingerprint density at radius 3 is 2.41 bits per heavy atom. The monoisotopic (exact) mass is 447 g/mol. The van der Waals surface area contributed by atoms with Gasteiger partial charge in [0.05, 0.1) is 23.5 Å². The quantitative estimate of drug-likeness (QED) is 0.523. The fraction of sp³-hybridized carbons (Fsp3) is 0.579. The van der Waals surface area contributed by atoms with Crippen LogP contribution in [-0.4, -0.2) is 24.3 Å². The first kappa shape index (κ1) is 21.6. The first-order valence-corrected chi connectivity index (χ1v) is 9.67.